The number of carboxylic acid groups (broad SMARTS) is 1. The number of aromatic nitrogens is 2. The number of ether oxygens (including phenoxy) is 1. The van der Waals surface area contributed by atoms with Crippen LogP contribution in [-0.2, 0) is 16.6 Å². The van der Waals surface area contributed by atoms with Gasteiger partial charge in [-0.25, -0.2) is 9.59 Å². The van der Waals surface area contributed by atoms with E-state index in [1.54, 1.807) is 7.05 Å². The van der Waals surface area contributed by atoms with E-state index in [1.807, 2.05) is 43.3 Å². The third-order valence-electron chi connectivity index (χ3n) is 5.81. The molecule has 1 atom stereocenters. The minimum atomic E-state index is -1.13. The number of aliphatic carboxylic acids is 1. The summed E-state index contributed by atoms with van der Waals surface area (Å²) < 4.78 is 6.90. The van der Waals surface area contributed by atoms with Crippen molar-refractivity contribution in [1.82, 2.24) is 15.1 Å². The van der Waals surface area contributed by atoms with Crippen molar-refractivity contribution < 1.29 is 24.2 Å². The van der Waals surface area contributed by atoms with E-state index >= 15 is 0 Å². The van der Waals surface area contributed by atoms with Crippen molar-refractivity contribution in [1.29, 1.82) is 0 Å². The van der Waals surface area contributed by atoms with Crippen molar-refractivity contribution in [2.75, 3.05) is 11.9 Å². The average molecular weight is 463 g/mol. The fraction of sp³-hybridized carbons (Fsp3) is 0.280. The van der Waals surface area contributed by atoms with Gasteiger partial charge in [0.25, 0.3) is 5.91 Å². The Kier molecular flexibility index (Phi) is 6.62. The molecule has 9 nitrogen and oxygen atoms in total. The van der Waals surface area contributed by atoms with Crippen LogP contribution in [0.5, 0.6) is 0 Å². The monoisotopic (exact) mass is 462 g/mol. The molecule has 4 rings (SSSR count). The van der Waals surface area contributed by atoms with Crippen molar-refractivity contribution in [3.8, 4) is 11.1 Å². The summed E-state index contributed by atoms with van der Waals surface area (Å²) in [4.78, 5) is 36.6. The third-order valence-corrected chi connectivity index (χ3v) is 5.81. The number of aryl methyl sites for hydroxylation is 1. The summed E-state index contributed by atoms with van der Waals surface area (Å²) in [5.41, 5.74) is 4.48. The van der Waals surface area contributed by atoms with Crippen LogP contribution in [0.4, 0.5) is 10.5 Å². The lowest BCUT2D eigenvalue weighted by Gasteiger charge is -2.15. The first kappa shape index (κ1) is 23.0. The van der Waals surface area contributed by atoms with Gasteiger partial charge in [-0.2, -0.15) is 5.10 Å². The number of rotatable bonds is 8. The van der Waals surface area contributed by atoms with Crippen LogP contribution in [0.3, 0.4) is 0 Å². The second-order valence-corrected chi connectivity index (χ2v) is 8.17. The number of benzene rings is 2. The van der Waals surface area contributed by atoms with Gasteiger partial charge in [-0.3, -0.25) is 14.8 Å². The number of amides is 2. The normalized spacial score (nSPS) is 13.0. The van der Waals surface area contributed by atoms with E-state index in [1.165, 1.54) is 10.9 Å². The van der Waals surface area contributed by atoms with E-state index in [0.29, 0.717) is 6.42 Å². The number of hydrogen-bond acceptors (Lipinski definition) is 5. The van der Waals surface area contributed by atoms with Crippen molar-refractivity contribution in [2.24, 2.45) is 7.05 Å². The van der Waals surface area contributed by atoms with E-state index in [-0.39, 0.29) is 30.3 Å². The van der Waals surface area contributed by atoms with Gasteiger partial charge < -0.3 is 15.2 Å². The molecule has 0 unspecified atom stereocenters. The molecule has 176 valence electrons. The Morgan fingerprint density at radius 3 is 2.29 bits per heavy atom. The number of carbonyl (C=O) groups excluding carboxylic acids is 2. The largest absolute Gasteiger partial charge is 0.480 e. The van der Waals surface area contributed by atoms with Crippen LogP contribution in [0.25, 0.3) is 11.1 Å². The van der Waals surface area contributed by atoms with Crippen LogP contribution < -0.4 is 10.6 Å². The summed E-state index contributed by atoms with van der Waals surface area (Å²) in [6.07, 6.45) is 1.60. The fourth-order valence-corrected chi connectivity index (χ4v) is 4.26. The number of nitrogens with zero attached hydrogens (tertiary/aromatic N) is 2. The molecule has 1 aliphatic carbocycles. The standard InChI is InChI=1S/C25H26N4O5/c1-3-8-20(24(31)32)26-23(30)22-21(13-29(2)28-22)27-25(33)34-14-19-17-11-6-4-9-15(17)16-10-5-7-12-18(16)19/h4-7,9-13,19-20H,3,8,14H2,1-2H3,(H,26,30)(H,27,33)(H,31,32)/t20-/m0/s1. The summed E-state index contributed by atoms with van der Waals surface area (Å²) in [6.45, 7) is 1.95. The van der Waals surface area contributed by atoms with Crippen LogP contribution in [0.15, 0.2) is 54.7 Å². The van der Waals surface area contributed by atoms with Crippen LogP contribution >= 0.6 is 0 Å². The molecule has 0 saturated heterocycles. The SMILES string of the molecule is CCC[C@H](NC(=O)c1nn(C)cc1NC(=O)OCC1c2ccccc2-c2ccccc21)C(=O)O. The lowest BCUT2D eigenvalue weighted by atomic mass is 9.98. The van der Waals surface area contributed by atoms with E-state index in [2.05, 4.69) is 27.9 Å². The summed E-state index contributed by atoms with van der Waals surface area (Å²) in [5.74, 6) is -1.91. The van der Waals surface area contributed by atoms with Crippen molar-refractivity contribution in [3.05, 3.63) is 71.5 Å². The molecule has 0 bridgehead atoms. The Labute approximate surface area is 196 Å². The van der Waals surface area contributed by atoms with Crippen molar-refractivity contribution in [2.45, 2.75) is 31.7 Å². The van der Waals surface area contributed by atoms with Gasteiger partial charge in [0.15, 0.2) is 5.69 Å². The molecule has 0 radical (unpaired) electrons. The number of nitrogens with one attached hydrogen (secondary N) is 2. The van der Waals surface area contributed by atoms with Crippen LogP contribution in [0, 0.1) is 0 Å². The molecule has 1 aromatic heterocycles. The zero-order chi connectivity index (χ0) is 24.2. The van der Waals surface area contributed by atoms with Crippen molar-refractivity contribution >= 4 is 23.7 Å². The molecule has 1 heterocycles. The van der Waals surface area contributed by atoms with E-state index in [9.17, 15) is 19.5 Å². The Balaban J connectivity index is 1.45. The predicted molar refractivity (Wildman–Crippen MR) is 126 cm³/mol. The number of hydrogen-bond donors (Lipinski definition) is 3. The van der Waals surface area contributed by atoms with Crippen LogP contribution in [-0.4, -0.2) is 45.5 Å². The highest BCUT2D eigenvalue weighted by molar-refractivity contribution is 6.02. The van der Waals surface area contributed by atoms with Gasteiger partial charge in [0.1, 0.15) is 12.6 Å². The predicted octanol–water partition coefficient (Wildman–Crippen LogP) is 3.76. The summed E-state index contributed by atoms with van der Waals surface area (Å²) in [7, 11) is 1.60. The van der Waals surface area contributed by atoms with Gasteiger partial charge >= 0.3 is 12.1 Å². The van der Waals surface area contributed by atoms with Crippen LogP contribution in [0.1, 0.15) is 47.3 Å². The lowest BCUT2D eigenvalue weighted by molar-refractivity contribution is -0.139. The van der Waals surface area contributed by atoms with Gasteiger partial charge in [-0.1, -0.05) is 61.9 Å². The summed E-state index contributed by atoms with van der Waals surface area (Å²) in [5, 5.41) is 18.4. The average Bonchev–Trinajstić information content (AvgIpc) is 3.34. The molecule has 0 fully saturated rings. The number of carboxylic acids is 1. The van der Waals surface area contributed by atoms with Gasteiger partial charge in [0.2, 0.25) is 0 Å². The zero-order valence-corrected chi connectivity index (χ0v) is 18.9. The Bertz CT molecular complexity index is 1190. The maximum Gasteiger partial charge on any atom is 0.411 e. The zero-order valence-electron chi connectivity index (χ0n) is 18.9. The van der Waals surface area contributed by atoms with Crippen molar-refractivity contribution in [3.63, 3.8) is 0 Å². The summed E-state index contributed by atoms with van der Waals surface area (Å²) in [6, 6.07) is 15.0. The molecule has 0 aliphatic heterocycles. The maximum absolute atomic E-state index is 12.6. The summed E-state index contributed by atoms with van der Waals surface area (Å²) >= 11 is 0. The highest BCUT2D eigenvalue weighted by Gasteiger charge is 2.29. The first-order valence-corrected chi connectivity index (χ1v) is 11.1. The highest BCUT2D eigenvalue weighted by Crippen LogP contribution is 2.44. The minimum absolute atomic E-state index is 0.0849. The van der Waals surface area contributed by atoms with E-state index < -0.39 is 24.0 Å². The number of anilines is 1. The number of carbonyl (C=O) groups is 3. The fourth-order valence-electron chi connectivity index (χ4n) is 4.26. The Morgan fingerprint density at radius 1 is 1.09 bits per heavy atom. The first-order chi connectivity index (χ1) is 16.4. The number of fused-ring (bicyclic) bond motifs is 3. The second-order valence-electron chi connectivity index (χ2n) is 8.17. The first-order valence-electron chi connectivity index (χ1n) is 11.1. The van der Waals surface area contributed by atoms with Gasteiger partial charge in [0.05, 0.1) is 5.69 Å². The molecule has 3 aromatic rings. The molecule has 3 N–H and O–H groups in total. The second kappa shape index (κ2) is 9.78. The molecule has 0 saturated carbocycles. The lowest BCUT2D eigenvalue weighted by Crippen LogP contribution is -2.41. The molecule has 2 amide bonds. The molecule has 9 heteroatoms. The highest BCUT2D eigenvalue weighted by atomic mass is 16.5. The van der Waals surface area contributed by atoms with Gasteiger partial charge in [-0.05, 0) is 28.7 Å². The Morgan fingerprint density at radius 2 is 1.71 bits per heavy atom. The molecular weight excluding hydrogens is 436 g/mol. The third kappa shape index (κ3) is 4.63. The Hall–Kier alpha value is -4.14. The topological polar surface area (TPSA) is 123 Å². The van der Waals surface area contributed by atoms with Crippen LogP contribution in [0.2, 0.25) is 0 Å². The van der Waals surface area contributed by atoms with Gasteiger partial charge in [-0.15, -0.1) is 0 Å². The molecular formula is C25H26N4O5. The maximum atomic E-state index is 12.6. The van der Waals surface area contributed by atoms with E-state index in [4.69, 9.17) is 4.74 Å². The molecule has 0 spiro atoms. The quantitative estimate of drug-likeness (QED) is 0.468. The van der Waals surface area contributed by atoms with E-state index in [0.717, 1.165) is 22.3 Å². The smallest absolute Gasteiger partial charge is 0.411 e. The van der Waals surface area contributed by atoms with Gasteiger partial charge in [0, 0.05) is 19.2 Å². The minimum Gasteiger partial charge on any atom is -0.480 e. The molecule has 2 aromatic carbocycles. The molecule has 1 aliphatic rings. The molecule has 34 heavy (non-hydrogen) atoms.